The van der Waals surface area contributed by atoms with Gasteiger partial charge in [0.05, 0.1) is 26.9 Å². The summed E-state index contributed by atoms with van der Waals surface area (Å²) in [5.41, 5.74) is 1.28. The number of aromatic nitrogens is 2. The first-order valence-corrected chi connectivity index (χ1v) is 10.8. The Morgan fingerprint density at radius 2 is 1.96 bits per heavy atom. The molecule has 0 unspecified atom stereocenters. The number of benzene rings is 1. The molecule has 0 saturated heterocycles. The van der Waals surface area contributed by atoms with E-state index in [-0.39, 0.29) is 17.2 Å². The SMILES string of the molecule is CCn1c(SCC(=O)Nc2c(Cl)cccc2Cl)nc2sc(C)c(C)c2c1=O. The zero-order valence-corrected chi connectivity index (χ0v) is 18.1. The molecule has 0 radical (unpaired) electrons. The van der Waals surface area contributed by atoms with Gasteiger partial charge in [-0.3, -0.25) is 14.2 Å². The van der Waals surface area contributed by atoms with Crippen LogP contribution in [0.1, 0.15) is 17.4 Å². The number of anilines is 1. The predicted molar refractivity (Wildman–Crippen MR) is 115 cm³/mol. The average Bonchev–Trinajstić information content (AvgIpc) is 2.91. The zero-order chi connectivity index (χ0) is 19.7. The van der Waals surface area contributed by atoms with Gasteiger partial charge in [-0.1, -0.05) is 41.0 Å². The third-order valence-electron chi connectivity index (χ3n) is 4.13. The van der Waals surface area contributed by atoms with Crippen molar-refractivity contribution in [1.82, 2.24) is 9.55 Å². The summed E-state index contributed by atoms with van der Waals surface area (Å²) in [7, 11) is 0. The van der Waals surface area contributed by atoms with Gasteiger partial charge in [0.1, 0.15) is 4.83 Å². The molecule has 9 heteroatoms. The van der Waals surface area contributed by atoms with Crippen LogP contribution in [0.4, 0.5) is 5.69 Å². The van der Waals surface area contributed by atoms with Crippen LogP contribution in [0.25, 0.3) is 10.2 Å². The lowest BCUT2D eigenvalue weighted by atomic mass is 10.2. The van der Waals surface area contributed by atoms with Crippen LogP contribution in [0, 0.1) is 13.8 Å². The monoisotopic (exact) mass is 441 g/mol. The van der Waals surface area contributed by atoms with Gasteiger partial charge in [-0.05, 0) is 38.5 Å². The molecule has 27 heavy (non-hydrogen) atoms. The van der Waals surface area contributed by atoms with Crippen molar-refractivity contribution in [3.05, 3.63) is 49.0 Å². The van der Waals surface area contributed by atoms with Crippen LogP contribution in [0.2, 0.25) is 10.0 Å². The van der Waals surface area contributed by atoms with E-state index >= 15 is 0 Å². The summed E-state index contributed by atoms with van der Waals surface area (Å²) >= 11 is 14.9. The molecular weight excluding hydrogens is 425 g/mol. The highest BCUT2D eigenvalue weighted by Gasteiger charge is 2.17. The van der Waals surface area contributed by atoms with Gasteiger partial charge in [0.15, 0.2) is 5.16 Å². The first kappa shape index (κ1) is 20.2. The number of carbonyl (C=O) groups is 1. The number of hydrogen-bond donors (Lipinski definition) is 1. The molecule has 3 rings (SSSR count). The van der Waals surface area contributed by atoms with Crippen LogP contribution in [-0.2, 0) is 11.3 Å². The Kier molecular flexibility index (Phi) is 6.15. The number of fused-ring (bicyclic) bond motifs is 1. The van der Waals surface area contributed by atoms with Gasteiger partial charge in [0.25, 0.3) is 5.56 Å². The normalized spacial score (nSPS) is 11.1. The number of nitrogens with one attached hydrogen (secondary N) is 1. The molecule has 0 bridgehead atoms. The van der Waals surface area contributed by atoms with Gasteiger partial charge in [0.2, 0.25) is 5.91 Å². The standard InChI is InChI=1S/C18H17Cl2N3O2S2/c1-4-23-17(25)14-9(2)10(3)27-16(14)22-18(23)26-8-13(24)21-15-11(19)6-5-7-12(15)20/h5-7H,4,8H2,1-3H3,(H,21,24). The lowest BCUT2D eigenvalue weighted by Crippen LogP contribution is -2.23. The highest BCUT2D eigenvalue weighted by molar-refractivity contribution is 7.99. The van der Waals surface area contributed by atoms with E-state index in [1.54, 1.807) is 22.8 Å². The molecule has 1 aromatic carbocycles. The molecule has 1 N–H and O–H groups in total. The third-order valence-corrected chi connectivity index (χ3v) is 6.84. The van der Waals surface area contributed by atoms with Gasteiger partial charge in [-0.15, -0.1) is 11.3 Å². The number of thioether (sulfide) groups is 1. The fourth-order valence-corrected chi connectivity index (χ4v) is 5.05. The molecule has 3 aromatic rings. The lowest BCUT2D eigenvalue weighted by molar-refractivity contribution is -0.113. The summed E-state index contributed by atoms with van der Waals surface area (Å²) in [6, 6.07) is 5.02. The molecular formula is C18H17Cl2N3O2S2. The number of rotatable bonds is 5. The van der Waals surface area contributed by atoms with Crippen molar-refractivity contribution in [1.29, 1.82) is 0 Å². The van der Waals surface area contributed by atoms with Crippen LogP contribution in [0.5, 0.6) is 0 Å². The summed E-state index contributed by atoms with van der Waals surface area (Å²) in [6.45, 7) is 6.28. The van der Waals surface area contributed by atoms with Crippen molar-refractivity contribution < 1.29 is 4.79 Å². The predicted octanol–water partition coefficient (Wildman–Crippen LogP) is 5.13. The smallest absolute Gasteiger partial charge is 0.263 e. The van der Waals surface area contributed by atoms with E-state index in [1.165, 1.54) is 23.1 Å². The van der Waals surface area contributed by atoms with E-state index in [9.17, 15) is 9.59 Å². The van der Waals surface area contributed by atoms with E-state index in [2.05, 4.69) is 10.3 Å². The summed E-state index contributed by atoms with van der Waals surface area (Å²) in [6.07, 6.45) is 0. The fraction of sp³-hybridized carbons (Fsp3) is 0.278. The van der Waals surface area contributed by atoms with Gasteiger partial charge in [-0.2, -0.15) is 0 Å². The van der Waals surface area contributed by atoms with Crippen molar-refractivity contribution in [3.8, 4) is 0 Å². The van der Waals surface area contributed by atoms with Gasteiger partial charge in [-0.25, -0.2) is 4.98 Å². The number of nitrogens with zero attached hydrogens (tertiary/aromatic N) is 2. The van der Waals surface area contributed by atoms with Crippen molar-refractivity contribution in [3.63, 3.8) is 0 Å². The molecule has 5 nitrogen and oxygen atoms in total. The number of carbonyl (C=O) groups excluding carboxylic acids is 1. The second-order valence-electron chi connectivity index (χ2n) is 5.84. The minimum Gasteiger partial charge on any atom is -0.323 e. The van der Waals surface area contributed by atoms with Crippen LogP contribution in [-0.4, -0.2) is 21.2 Å². The Labute approximate surface area is 174 Å². The maximum atomic E-state index is 12.8. The summed E-state index contributed by atoms with van der Waals surface area (Å²) in [4.78, 5) is 31.5. The molecule has 0 aliphatic heterocycles. The first-order chi connectivity index (χ1) is 12.8. The van der Waals surface area contributed by atoms with Crippen LogP contribution < -0.4 is 10.9 Å². The van der Waals surface area contributed by atoms with E-state index in [4.69, 9.17) is 23.2 Å². The Morgan fingerprint density at radius 1 is 1.30 bits per heavy atom. The maximum Gasteiger partial charge on any atom is 0.263 e. The number of thiophene rings is 1. The quantitative estimate of drug-likeness (QED) is 0.440. The maximum absolute atomic E-state index is 12.8. The van der Waals surface area contributed by atoms with Gasteiger partial charge < -0.3 is 5.32 Å². The molecule has 0 atom stereocenters. The first-order valence-electron chi connectivity index (χ1n) is 8.20. The number of para-hydroxylation sites is 1. The average molecular weight is 442 g/mol. The highest BCUT2D eigenvalue weighted by atomic mass is 35.5. The van der Waals surface area contributed by atoms with Gasteiger partial charge >= 0.3 is 0 Å². The second kappa shape index (κ2) is 8.22. The van der Waals surface area contributed by atoms with E-state index in [0.29, 0.717) is 37.7 Å². The van der Waals surface area contributed by atoms with Crippen LogP contribution >= 0.6 is 46.3 Å². The molecule has 0 spiro atoms. The summed E-state index contributed by atoms with van der Waals surface area (Å²) in [5, 5.41) is 4.64. The Balaban J connectivity index is 1.84. The molecule has 142 valence electrons. The third kappa shape index (κ3) is 4.01. The molecule has 2 heterocycles. The van der Waals surface area contributed by atoms with Gasteiger partial charge in [0, 0.05) is 11.4 Å². The van der Waals surface area contributed by atoms with Crippen LogP contribution in [0.3, 0.4) is 0 Å². The lowest BCUT2D eigenvalue weighted by Gasteiger charge is -2.11. The molecule has 0 fully saturated rings. The largest absolute Gasteiger partial charge is 0.323 e. The van der Waals surface area contributed by atoms with E-state index in [0.717, 1.165) is 10.4 Å². The molecule has 1 amide bonds. The molecule has 0 aliphatic carbocycles. The molecule has 0 aliphatic rings. The number of amides is 1. The zero-order valence-electron chi connectivity index (χ0n) is 14.9. The second-order valence-corrected chi connectivity index (χ2v) is 8.80. The molecule has 2 aromatic heterocycles. The fourth-order valence-electron chi connectivity index (χ4n) is 2.62. The van der Waals surface area contributed by atoms with Crippen LogP contribution in [0.15, 0.2) is 28.2 Å². The minimum absolute atomic E-state index is 0.0681. The number of hydrogen-bond acceptors (Lipinski definition) is 5. The Bertz CT molecular complexity index is 1070. The van der Waals surface area contributed by atoms with E-state index < -0.39 is 0 Å². The minimum atomic E-state index is -0.273. The highest BCUT2D eigenvalue weighted by Crippen LogP contribution is 2.31. The summed E-state index contributed by atoms with van der Waals surface area (Å²) in [5.74, 6) is -0.186. The number of halogens is 2. The van der Waals surface area contributed by atoms with Crippen molar-refractivity contribution in [2.24, 2.45) is 0 Å². The van der Waals surface area contributed by atoms with E-state index in [1.807, 2.05) is 20.8 Å². The van der Waals surface area contributed by atoms with Crippen molar-refractivity contribution in [2.75, 3.05) is 11.1 Å². The number of aryl methyl sites for hydroxylation is 2. The Hall–Kier alpha value is -1.54. The Morgan fingerprint density at radius 3 is 2.59 bits per heavy atom. The molecule has 0 saturated carbocycles. The topological polar surface area (TPSA) is 64.0 Å². The van der Waals surface area contributed by atoms with Crippen molar-refractivity contribution >= 4 is 68.1 Å². The summed E-state index contributed by atoms with van der Waals surface area (Å²) < 4.78 is 1.60. The van der Waals surface area contributed by atoms with Crippen molar-refractivity contribution in [2.45, 2.75) is 32.5 Å².